The average Bonchev–Trinajstić information content (AvgIpc) is 2.60. The van der Waals surface area contributed by atoms with Crippen molar-refractivity contribution < 1.29 is 10.2 Å². The first kappa shape index (κ1) is 24.9. The van der Waals surface area contributed by atoms with Crippen molar-refractivity contribution in [2.24, 2.45) is 5.92 Å². The Morgan fingerprint density at radius 3 is 1.40 bits per heavy atom. The molecule has 0 rings (SSSR count). The minimum atomic E-state index is 0.195. The normalized spacial score (nSPS) is 12.8. The molecule has 0 saturated carbocycles. The molecule has 0 aliphatic heterocycles. The quantitative estimate of drug-likeness (QED) is 0.287. The van der Waals surface area contributed by atoms with E-state index >= 15 is 0 Å². The second-order valence-electron chi connectivity index (χ2n) is 7.73. The van der Waals surface area contributed by atoms with E-state index in [-0.39, 0.29) is 13.2 Å². The number of nitrogens with zero attached hydrogens (tertiary/aromatic N) is 1. The fourth-order valence-electron chi connectivity index (χ4n) is 3.70. The van der Waals surface area contributed by atoms with Crippen LogP contribution in [-0.2, 0) is 0 Å². The highest BCUT2D eigenvalue weighted by molar-refractivity contribution is 4.67. The monoisotopic (exact) mass is 357 g/mol. The molecule has 0 heterocycles. The van der Waals surface area contributed by atoms with Crippen LogP contribution in [0, 0.1) is 5.92 Å². The Balaban J connectivity index is 4.08. The van der Waals surface area contributed by atoms with Crippen LogP contribution >= 0.6 is 0 Å². The van der Waals surface area contributed by atoms with E-state index < -0.39 is 0 Å². The Morgan fingerprint density at radius 2 is 1.00 bits per heavy atom. The van der Waals surface area contributed by atoms with Gasteiger partial charge in [0.15, 0.2) is 0 Å². The second-order valence-corrected chi connectivity index (χ2v) is 7.73. The van der Waals surface area contributed by atoms with Gasteiger partial charge in [-0.2, -0.15) is 0 Å². The van der Waals surface area contributed by atoms with E-state index in [2.05, 4.69) is 18.7 Å². The van der Waals surface area contributed by atoms with E-state index in [1.807, 2.05) is 0 Å². The molecule has 0 aromatic rings. The summed E-state index contributed by atoms with van der Waals surface area (Å²) in [7, 11) is 0. The highest BCUT2D eigenvalue weighted by atomic mass is 16.3. The van der Waals surface area contributed by atoms with Gasteiger partial charge in [0.05, 0.1) is 13.2 Å². The van der Waals surface area contributed by atoms with E-state index in [1.54, 1.807) is 0 Å². The lowest BCUT2D eigenvalue weighted by atomic mass is 9.93. The summed E-state index contributed by atoms with van der Waals surface area (Å²) in [5.41, 5.74) is 0. The molecule has 1 atom stereocenters. The van der Waals surface area contributed by atoms with Crippen molar-refractivity contribution in [2.75, 3.05) is 32.8 Å². The third kappa shape index (κ3) is 17.1. The molecule has 152 valence electrons. The Kier molecular flexibility index (Phi) is 20.1. The van der Waals surface area contributed by atoms with Gasteiger partial charge in [-0.1, -0.05) is 90.9 Å². The summed E-state index contributed by atoms with van der Waals surface area (Å²) in [6.45, 7) is 7.38. The molecular weight excluding hydrogens is 310 g/mol. The predicted octanol–water partition coefficient (Wildman–Crippen LogP) is 5.39. The van der Waals surface area contributed by atoms with E-state index in [1.165, 1.54) is 89.9 Å². The third-order valence-corrected chi connectivity index (χ3v) is 5.28. The lowest BCUT2D eigenvalue weighted by Gasteiger charge is -2.26. The van der Waals surface area contributed by atoms with Gasteiger partial charge in [-0.25, -0.2) is 0 Å². The van der Waals surface area contributed by atoms with Gasteiger partial charge in [-0.3, -0.25) is 4.90 Å². The van der Waals surface area contributed by atoms with Gasteiger partial charge in [0, 0.05) is 19.6 Å². The van der Waals surface area contributed by atoms with Gasteiger partial charge in [0.2, 0.25) is 0 Å². The topological polar surface area (TPSA) is 43.7 Å². The molecule has 1 unspecified atom stereocenters. The smallest absolute Gasteiger partial charge is 0.0558 e. The van der Waals surface area contributed by atoms with Gasteiger partial charge in [-0.05, 0) is 18.8 Å². The molecule has 0 bridgehead atoms. The molecule has 0 aliphatic rings. The molecule has 0 aliphatic carbocycles. The van der Waals surface area contributed by atoms with Crippen molar-refractivity contribution in [3.63, 3.8) is 0 Å². The summed E-state index contributed by atoms with van der Waals surface area (Å²) in [5, 5.41) is 18.5. The standard InChI is InChI=1S/C22H47NO2/c1-3-5-7-9-10-12-14-16-22(15-13-11-8-6-4-2)21-23(17-19-24)18-20-25/h22,24-25H,3-21H2,1-2H3. The van der Waals surface area contributed by atoms with Crippen molar-refractivity contribution in [1.29, 1.82) is 0 Å². The first-order valence-corrected chi connectivity index (χ1v) is 11.2. The van der Waals surface area contributed by atoms with Crippen LogP contribution < -0.4 is 0 Å². The summed E-state index contributed by atoms with van der Waals surface area (Å²) >= 11 is 0. The summed E-state index contributed by atoms with van der Waals surface area (Å²) in [5.74, 6) is 0.732. The van der Waals surface area contributed by atoms with E-state index in [0.29, 0.717) is 13.1 Å². The van der Waals surface area contributed by atoms with Gasteiger partial charge in [-0.15, -0.1) is 0 Å². The second kappa shape index (κ2) is 20.2. The molecule has 0 amide bonds. The van der Waals surface area contributed by atoms with E-state index in [4.69, 9.17) is 0 Å². The van der Waals surface area contributed by atoms with Crippen molar-refractivity contribution in [3.05, 3.63) is 0 Å². The lowest BCUT2D eigenvalue weighted by Crippen LogP contribution is -2.34. The van der Waals surface area contributed by atoms with Crippen molar-refractivity contribution in [2.45, 2.75) is 104 Å². The maximum absolute atomic E-state index is 9.24. The largest absolute Gasteiger partial charge is 0.395 e. The Morgan fingerprint density at radius 1 is 0.600 bits per heavy atom. The zero-order valence-electron chi connectivity index (χ0n) is 17.4. The van der Waals surface area contributed by atoms with Crippen LogP contribution in [0.2, 0.25) is 0 Å². The molecule has 0 spiro atoms. The number of hydrogen-bond donors (Lipinski definition) is 2. The van der Waals surface area contributed by atoms with Crippen molar-refractivity contribution >= 4 is 0 Å². The SMILES string of the molecule is CCCCCCCCCC(CCCCCCC)CN(CCO)CCO. The molecule has 0 radical (unpaired) electrons. The molecule has 3 heteroatoms. The minimum absolute atomic E-state index is 0.195. The zero-order chi connectivity index (χ0) is 18.6. The van der Waals surface area contributed by atoms with Crippen LogP contribution in [0.25, 0.3) is 0 Å². The Labute approximate surface area is 158 Å². The molecule has 25 heavy (non-hydrogen) atoms. The Hall–Kier alpha value is -0.120. The zero-order valence-corrected chi connectivity index (χ0v) is 17.4. The number of rotatable bonds is 20. The average molecular weight is 358 g/mol. The predicted molar refractivity (Wildman–Crippen MR) is 110 cm³/mol. The van der Waals surface area contributed by atoms with Crippen LogP contribution in [0.5, 0.6) is 0 Å². The maximum atomic E-state index is 9.24. The molecule has 0 aromatic heterocycles. The van der Waals surface area contributed by atoms with Gasteiger partial charge >= 0.3 is 0 Å². The highest BCUT2D eigenvalue weighted by Crippen LogP contribution is 2.20. The van der Waals surface area contributed by atoms with Crippen molar-refractivity contribution in [1.82, 2.24) is 4.90 Å². The highest BCUT2D eigenvalue weighted by Gasteiger charge is 2.13. The maximum Gasteiger partial charge on any atom is 0.0558 e. The first-order chi connectivity index (χ1) is 12.3. The van der Waals surface area contributed by atoms with Crippen LogP contribution in [0.15, 0.2) is 0 Å². The summed E-state index contributed by atoms with van der Waals surface area (Å²) in [6.07, 6.45) is 19.0. The van der Waals surface area contributed by atoms with E-state index in [9.17, 15) is 10.2 Å². The number of unbranched alkanes of at least 4 members (excludes halogenated alkanes) is 10. The summed E-state index contributed by atoms with van der Waals surface area (Å²) in [6, 6.07) is 0. The lowest BCUT2D eigenvalue weighted by molar-refractivity contribution is 0.138. The third-order valence-electron chi connectivity index (χ3n) is 5.28. The fourth-order valence-corrected chi connectivity index (χ4v) is 3.70. The Bertz CT molecular complexity index is 242. The van der Waals surface area contributed by atoms with Gasteiger partial charge in [0.25, 0.3) is 0 Å². The van der Waals surface area contributed by atoms with Crippen LogP contribution in [-0.4, -0.2) is 48.0 Å². The number of hydrogen-bond acceptors (Lipinski definition) is 3. The minimum Gasteiger partial charge on any atom is -0.395 e. The number of aliphatic hydroxyl groups excluding tert-OH is 2. The van der Waals surface area contributed by atoms with Gasteiger partial charge in [0.1, 0.15) is 0 Å². The van der Waals surface area contributed by atoms with Crippen LogP contribution in [0.3, 0.4) is 0 Å². The van der Waals surface area contributed by atoms with Crippen LogP contribution in [0.1, 0.15) is 104 Å². The molecule has 0 aromatic carbocycles. The van der Waals surface area contributed by atoms with Gasteiger partial charge < -0.3 is 10.2 Å². The first-order valence-electron chi connectivity index (χ1n) is 11.2. The van der Waals surface area contributed by atoms with Crippen LogP contribution in [0.4, 0.5) is 0 Å². The molecule has 0 saturated heterocycles. The van der Waals surface area contributed by atoms with E-state index in [0.717, 1.165) is 12.5 Å². The molecule has 3 nitrogen and oxygen atoms in total. The molecular formula is C22H47NO2. The summed E-state index contributed by atoms with van der Waals surface area (Å²) < 4.78 is 0. The number of aliphatic hydroxyl groups is 2. The van der Waals surface area contributed by atoms with Crippen molar-refractivity contribution in [3.8, 4) is 0 Å². The molecule has 0 fully saturated rings. The fraction of sp³-hybridized carbons (Fsp3) is 1.00. The summed E-state index contributed by atoms with van der Waals surface area (Å²) in [4.78, 5) is 2.25. The molecule has 2 N–H and O–H groups in total.